The Bertz CT molecular complexity index is 433. The fraction of sp³-hybridized carbons (Fsp3) is 0.364. The summed E-state index contributed by atoms with van der Waals surface area (Å²) in [6, 6.07) is 2.40. The van der Waals surface area contributed by atoms with Gasteiger partial charge in [0.05, 0.1) is 11.6 Å². The lowest BCUT2D eigenvalue weighted by Crippen LogP contribution is -2.32. The third-order valence-corrected chi connectivity index (χ3v) is 2.24. The first-order valence-corrected chi connectivity index (χ1v) is 4.96. The van der Waals surface area contributed by atoms with E-state index >= 15 is 0 Å². The second-order valence-electron chi connectivity index (χ2n) is 3.81. The van der Waals surface area contributed by atoms with Gasteiger partial charge in [-0.1, -0.05) is 6.07 Å². The summed E-state index contributed by atoms with van der Waals surface area (Å²) < 4.78 is 37.4. The molecule has 0 saturated carbocycles. The quantitative estimate of drug-likeness (QED) is 0.876. The molecule has 0 bridgehead atoms. The minimum Gasteiger partial charge on any atom is -0.324 e. The highest BCUT2D eigenvalue weighted by Crippen LogP contribution is 2.31. The summed E-state index contributed by atoms with van der Waals surface area (Å²) >= 11 is 0. The summed E-state index contributed by atoms with van der Waals surface area (Å²) in [7, 11) is 0. The molecule has 1 amide bonds. The standard InChI is InChI=1S/C11H13F3N2O.ClH/c1-6-3-4-8(11(12,13)14)5-9(6)16-10(17)7(2)15;/h3-5,7H,15H2,1-2H3,(H,16,17);1H/t7-;/m1./s1. The number of alkyl halides is 3. The van der Waals surface area contributed by atoms with Crippen molar-refractivity contribution in [2.75, 3.05) is 5.32 Å². The Balaban J connectivity index is 0.00000289. The summed E-state index contributed by atoms with van der Waals surface area (Å²) in [6.07, 6.45) is -4.43. The first kappa shape index (κ1) is 16.7. The first-order valence-electron chi connectivity index (χ1n) is 4.96. The van der Waals surface area contributed by atoms with Gasteiger partial charge in [0, 0.05) is 5.69 Å². The molecule has 18 heavy (non-hydrogen) atoms. The Morgan fingerprint density at radius 1 is 1.39 bits per heavy atom. The predicted octanol–water partition coefficient (Wildman–Crippen LogP) is 2.72. The van der Waals surface area contributed by atoms with Gasteiger partial charge >= 0.3 is 6.18 Å². The summed E-state index contributed by atoms with van der Waals surface area (Å²) in [5, 5.41) is 2.36. The zero-order valence-corrected chi connectivity index (χ0v) is 10.7. The van der Waals surface area contributed by atoms with Gasteiger partial charge in [-0.3, -0.25) is 4.79 Å². The van der Waals surface area contributed by atoms with Crippen LogP contribution in [0.5, 0.6) is 0 Å². The normalized spacial score (nSPS) is 12.6. The van der Waals surface area contributed by atoms with Gasteiger partial charge in [-0.25, -0.2) is 0 Å². The summed E-state index contributed by atoms with van der Waals surface area (Å²) in [5.41, 5.74) is 5.20. The lowest BCUT2D eigenvalue weighted by Gasteiger charge is -2.13. The SMILES string of the molecule is Cc1ccc(C(F)(F)F)cc1NC(=O)[C@@H](C)N.Cl. The van der Waals surface area contributed by atoms with Gasteiger partial charge < -0.3 is 11.1 Å². The van der Waals surface area contributed by atoms with E-state index in [1.807, 2.05) is 0 Å². The minimum absolute atomic E-state index is 0. The molecule has 0 radical (unpaired) electrons. The van der Waals surface area contributed by atoms with Crippen LogP contribution in [0.15, 0.2) is 18.2 Å². The van der Waals surface area contributed by atoms with Crippen LogP contribution in [0.3, 0.4) is 0 Å². The molecule has 3 N–H and O–H groups in total. The maximum absolute atomic E-state index is 12.5. The third kappa shape index (κ3) is 4.19. The van der Waals surface area contributed by atoms with Crippen molar-refractivity contribution in [2.24, 2.45) is 5.73 Å². The molecule has 102 valence electrons. The monoisotopic (exact) mass is 282 g/mol. The number of aryl methyl sites for hydroxylation is 1. The molecule has 0 spiro atoms. The van der Waals surface area contributed by atoms with E-state index in [1.54, 1.807) is 6.92 Å². The zero-order valence-electron chi connectivity index (χ0n) is 9.84. The van der Waals surface area contributed by atoms with Crippen molar-refractivity contribution in [1.82, 2.24) is 0 Å². The van der Waals surface area contributed by atoms with Crippen LogP contribution in [0.1, 0.15) is 18.1 Å². The van der Waals surface area contributed by atoms with Crippen molar-refractivity contribution in [2.45, 2.75) is 26.1 Å². The van der Waals surface area contributed by atoms with Gasteiger partial charge in [0.1, 0.15) is 0 Å². The van der Waals surface area contributed by atoms with Crippen molar-refractivity contribution in [3.8, 4) is 0 Å². The molecule has 0 heterocycles. The number of nitrogens with one attached hydrogen (secondary N) is 1. The van der Waals surface area contributed by atoms with Crippen molar-refractivity contribution >= 4 is 24.0 Å². The van der Waals surface area contributed by atoms with Crippen molar-refractivity contribution < 1.29 is 18.0 Å². The van der Waals surface area contributed by atoms with Crippen LogP contribution < -0.4 is 11.1 Å². The van der Waals surface area contributed by atoms with E-state index in [4.69, 9.17) is 5.73 Å². The molecule has 0 unspecified atom stereocenters. The smallest absolute Gasteiger partial charge is 0.324 e. The van der Waals surface area contributed by atoms with Gasteiger partial charge in [-0.15, -0.1) is 12.4 Å². The zero-order chi connectivity index (χ0) is 13.2. The molecule has 1 aromatic carbocycles. The van der Waals surface area contributed by atoms with E-state index in [2.05, 4.69) is 5.32 Å². The third-order valence-electron chi connectivity index (χ3n) is 2.24. The number of carbonyl (C=O) groups excluding carboxylic acids is 1. The lowest BCUT2D eigenvalue weighted by atomic mass is 10.1. The maximum Gasteiger partial charge on any atom is 0.416 e. The van der Waals surface area contributed by atoms with Crippen molar-refractivity contribution in [3.05, 3.63) is 29.3 Å². The number of carbonyl (C=O) groups is 1. The molecule has 0 saturated heterocycles. The predicted molar refractivity (Wildman–Crippen MR) is 65.7 cm³/mol. The van der Waals surface area contributed by atoms with Gasteiger partial charge in [-0.2, -0.15) is 13.2 Å². The van der Waals surface area contributed by atoms with Gasteiger partial charge in [0.15, 0.2) is 0 Å². The molecule has 0 aliphatic rings. The average molecular weight is 283 g/mol. The highest BCUT2D eigenvalue weighted by atomic mass is 35.5. The highest BCUT2D eigenvalue weighted by Gasteiger charge is 2.30. The number of benzene rings is 1. The van der Waals surface area contributed by atoms with Gasteiger partial charge in [-0.05, 0) is 31.5 Å². The Labute approximate surface area is 109 Å². The van der Waals surface area contributed by atoms with Crippen LogP contribution in [0.4, 0.5) is 18.9 Å². The Kier molecular flexibility index (Phi) is 5.63. The second kappa shape index (κ2) is 6.06. The van der Waals surface area contributed by atoms with E-state index in [0.717, 1.165) is 12.1 Å². The highest BCUT2D eigenvalue weighted by molar-refractivity contribution is 5.95. The summed E-state index contributed by atoms with van der Waals surface area (Å²) in [4.78, 5) is 11.3. The van der Waals surface area contributed by atoms with E-state index < -0.39 is 23.7 Å². The van der Waals surface area contributed by atoms with Crippen molar-refractivity contribution in [3.63, 3.8) is 0 Å². The molecule has 7 heteroatoms. The number of anilines is 1. The fourth-order valence-electron chi connectivity index (χ4n) is 1.18. The summed E-state index contributed by atoms with van der Waals surface area (Å²) in [5.74, 6) is -0.521. The van der Waals surface area contributed by atoms with E-state index in [1.165, 1.54) is 13.0 Å². The number of amides is 1. The van der Waals surface area contributed by atoms with Crippen molar-refractivity contribution in [1.29, 1.82) is 0 Å². The molecule has 1 aromatic rings. The maximum atomic E-state index is 12.5. The number of hydrogen-bond donors (Lipinski definition) is 2. The van der Waals surface area contributed by atoms with E-state index in [-0.39, 0.29) is 18.1 Å². The number of nitrogens with two attached hydrogens (primary N) is 1. The minimum atomic E-state index is -4.43. The van der Waals surface area contributed by atoms with Crippen LogP contribution in [0.25, 0.3) is 0 Å². The number of hydrogen-bond acceptors (Lipinski definition) is 2. The average Bonchev–Trinajstić information content (AvgIpc) is 2.19. The van der Waals surface area contributed by atoms with Gasteiger partial charge in [0.2, 0.25) is 5.91 Å². The molecular formula is C11H14ClF3N2O. The molecule has 1 atom stereocenters. The lowest BCUT2D eigenvalue weighted by molar-refractivity contribution is -0.137. The molecule has 0 aliphatic carbocycles. The van der Waals surface area contributed by atoms with Crippen LogP contribution in [-0.4, -0.2) is 11.9 Å². The summed E-state index contributed by atoms with van der Waals surface area (Å²) in [6.45, 7) is 3.06. The molecule has 3 nitrogen and oxygen atoms in total. The number of rotatable bonds is 2. The van der Waals surface area contributed by atoms with Gasteiger partial charge in [0.25, 0.3) is 0 Å². The van der Waals surface area contributed by atoms with Crippen LogP contribution in [0.2, 0.25) is 0 Å². The fourth-order valence-corrected chi connectivity index (χ4v) is 1.18. The second-order valence-corrected chi connectivity index (χ2v) is 3.81. The van der Waals surface area contributed by atoms with Crippen LogP contribution in [-0.2, 0) is 11.0 Å². The Hall–Kier alpha value is -1.27. The van der Waals surface area contributed by atoms with Crippen LogP contribution >= 0.6 is 12.4 Å². The van der Waals surface area contributed by atoms with Crippen LogP contribution in [0, 0.1) is 6.92 Å². The van der Waals surface area contributed by atoms with E-state index in [9.17, 15) is 18.0 Å². The molecule has 0 aromatic heterocycles. The largest absolute Gasteiger partial charge is 0.416 e. The topological polar surface area (TPSA) is 55.1 Å². The Morgan fingerprint density at radius 3 is 2.39 bits per heavy atom. The van der Waals surface area contributed by atoms with E-state index in [0.29, 0.717) is 5.56 Å². The molecule has 0 aliphatic heterocycles. The first-order chi connectivity index (χ1) is 7.71. The molecule has 0 fully saturated rings. The molecular weight excluding hydrogens is 269 g/mol. The molecule has 1 rings (SSSR count). The Morgan fingerprint density at radius 2 is 1.94 bits per heavy atom. The number of halogens is 4.